The molecule has 0 saturated carbocycles. The lowest BCUT2D eigenvalue weighted by molar-refractivity contribution is -0.121. The number of rotatable bonds is 6. The number of hydrogen-bond donors (Lipinski definition) is 1. The van der Waals surface area contributed by atoms with Gasteiger partial charge in [-0.05, 0) is 32.9 Å². The Hall–Kier alpha value is -1.33. The van der Waals surface area contributed by atoms with Gasteiger partial charge in [0.2, 0.25) is 5.91 Å². The molecule has 1 aromatic heterocycles. The molecule has 0 radical (unpaired) electrons. The lowest BCUT2D eigenvalue weighted by Gasteiger charge is -2.39. The number of morpholine rings is 1. The summed E-state index contributed by atoms with van der Waals surface area (Å²) < 4.78 is 11.0. The minimum absolute atomic E-state index is 0.0765. The van der Waals surface area contributed by atoms with Gasteiger partial charge in [0.25, 0.3) is 0 Å². The number of carbonyl (C=O) groups is 1. The lowest BCUT2D eigenvalue weighted by atomic mass is 10.1. The topological polar surface area (TPSA) is 54.7 Å². The van der Waals surface area contributed by atoms with Gasteiger partial charge in [-0.2, -0.15) is 0 Å². The van der Waals surface area contributed by atoms with Gasteiger partial charge in [-0.1, -0.05) is 0 Å². The highest BCUT2D eigenvalue weighted by Gasteiger charge is 2.25. The van der Waals surface area contributed by atoms with Crippen molar-refractivity contribution >= 4 is 5.91 Å². The van der Waals surface area contributed by atoms with Crippen molar-refractivity contribution in [2.75, 3.05) is 19.6 Å². The minimum atomic E-state index is 0.0765. The van der Waals surface area contributed by atoms with Crippen molar-refractivity contribution in [1.82, 2.24) is 10.2 Å². The SMILES string of the molecule is CC1CN(C(C)CNC(=O)CCc2ccco2)CC(C)O1. The van der Waals surface area contributed by atoms with E-state index in [0.717, 1.165) is 18.8 Å². The molecule has 3 unspecified atom stereocenters. The van der Waals surface area contributed by atoms with Gasteiger partial charge in [-0.25, -0.2) is 0 Å². The summed E-state index contributed by atoms with van der Waals surface area (Å²) in [6, 6.07) is 4.06. The van der Waals surface area contributed by atoms with Crippen LogP contribution in [0.3, 0.4) is 0 Å². The van der Waals surface area contributed by atoms with Gasteiger partial charge in [0.15, 0.2) is 0 Å². The highest BCUT2D eigenvalue weighted by atomic mass is 16.5. The molecule has 118 valence electrons. The van der Waals surface area contributed by atoms with Crippen molar-refractivity contribution in [3.63, 3.8) is 0 Å². The molecule has 1 aliphatic rings. The zero-order valence-electron chi connectivity index (χ0n) is 13.2. The summed E-state index contributed by atoms with van der Waals surface area (Å²) in [4.78, 5) is 14.2. The molecule has 0 aliphatic carbocycles. The van der Waals surface area contributed by atoms with Crippen LogP contribution in [0.4, 0.5) is 0 Å². The molecule has 0 bridgehead atoms. The second kappa shape index (κ2) is 7.61. The van der Waals surface area contributed by atoms with E-state index in [-0.39, 0.29) is 18.1 Å². The zero-order chi connectivity index (χ0) is 15.2. The summed E-state index contributed by atoms with van der Waals surface area (Å²) in [6.45, 7) is 8.87. The standard InChI is InChI=1S/C16H26N2O3/c1-12(18-10-13(2)21-14(3)11-18)9-17-16(19)7-6-15-5-4-8-20-15/h4-5,8,12-14H,6-7,9-11H2,1-3H3,(H,17,19). The molecular formula is C16H26N2O3. The first kappa shape index (κ1) is 16.0. The van der Waals surface area contributed by atoms with E-state index in [0.29, 0.717) is 25.4 Å². The van der Waals surface area contributed by atoms with Gasteiger partial charge < -0.3 is 14.5 Å². The van der Waals surface area contributed by atoms with Crippen LogP contribution in [-0.2, 0) is 16.0 Å². The fraction of sp³-hybridized carbons (Fsp3) is 0.688. The Morgan fingerprint density at radius 1 is 1.43 bits per heavy atom. The van der Waals surface area contributed by atoms with Crippen LogP contribution in [-0.4, -0.2) is 48.7 Å². The van der Waals surface area contributed by atoms with Gasteiger partial charge >= 0.3 is 0 Å². The number of aryl methyl sites for hydroxylation is 1. The van der Waals surface area contributed by atoms with E-state index in [1.807, 2.05) is 12.1 Å². The fourth-order valence-corrected chi connectivity index (χ4v) is 2.75. The second-order valence-corrected chi connectivity index (χ2v) is 5.94. The van der Waals surface area contributed by atoms with Gasteiger partial charge in [-0.15, -0.1) is 0 Å². The summed E-state index contributed by atoms with van der Waals surface area (Å²) in [5, 5.41) is 3.01. The molecule has 1 fully saturated rings. The highest BCUT2D eigenvalue weighted by molar-refractivity contribution is 5.76. The number of hydrogen-bond acceptors (Lipinski definition) is 4. The van der Waals surface area contributed by atoms with Crippen molar-refractivity contribution in [3.05, 3.63) is 24.2 Å². The smallest absolute Gasteiger partial charge is 0.220 e. The summed E-state index contributed by atoms with van der Waals surface area (Å²) in [5.41, 5.74) is 0. The summed E-state index contributed by atoms with van der Waals surface area (Å²) in [7, 11) is 0. The lowest BCUT2D eigenvalue weighted by Crippen LogP contribution is -2.52. The monoisotopic (exact) mass is 294 g/mol. The number of furan rings is 1. The molecule has 1 aromatic rings. The normalized spacial score (nSPS) is 24.7. The molecule has 1 aliphatic heterocycles. The Balaban J connectivity index is 1.68. The van der Waals surface area contributed by atoms with Crippen LogP contribution < -0.4 is 5.32 Å². The maximum atomic E-state index is 11.9. The van der Waals surface area contributed by atoms with Crippen molar-refractivity contribution in [3.8, 4) is 0 Å². The van der Waals surface area contributed by atoms with E-state index in [2.05, 4.69) is 31.0 Å². The number of nitrogens with one attached hydrogen (secondary N) is 1. The van der Waals surface area contributed by atoms with Crippen molar-refractivity contribution in [2.45, 2.75) is 51.9 Å². The molecule has 5 heteroatoms. The number of amides is 1. The molecule has 2 heterocycles. The van der Waals surface area contributed by atoms with E-state index in [1.165, 1.54) is 0 Å². The highest BCUT2D eigenvalue weighted by Crippen LogP contribution is 2.13. The Morgan fingerprint density at radius 3 is 2.76 bits per heavy atom. The Labute approximate surface area is 126 Å². The van der Waals surface area contributed by atoms with Crippen LogP contribution in [0.15, 0.2) is 22.8 Å². The summed E-state index contributed by atoms with van der Waals surface area (Å²) >= 11 is 0. The first-order chi connectivity index (χ1) is 10.0. The quantitative estimate of drug-likeness (QED) is 0.869. The molecule has 21 heavy (non-hydrogen) atoms. The van der Waals surface area contributed by atoms with Crippen molar-refractivity contribution in [1.29, 1.82) is 0 Å². The van der Waals surface area contributed by atoms with E-state index >= 15 is 0 Å². The van der Waals surface area contributed by atoms with Crippen LogP contribution in [0.2, 0.25) is 0 Å². The van der Waals surface area contributed by atoms with Crippen LogP contribution >= 0.6 is 0 Å². The Morgan fingerprint density at radius 2 is 2.14 bits per heavy atom. The van der Waals surface area contributed by atoms with Gasteiger partial charge in [0.1, 0.15) is 5.76 Å². The van der Waals surface area contributed by atoms with E-state index in [9.17, 15) is 4.79 Å². The molecule has 0 aromatic carbocycles. The predicted octanol–water partition coefficient (Wildman–Crippen LogP) is 1.83. The summed E-state index contributed by atoms with van der Waals surface area (Å²) in [5.74, 6) is 0.932. The van der Waals surface area contributed by atoms with Crippen molar-refractivity contribution in [2.24, 2.45) is 0 Å². The fourth-order valence-electron chi connectivity index (χ4n) is 2.75. The van der Waals surface area contributed by atoms with Crippen LogP contribution in [0.1, 0.15) is 33.0 Å². The van der Waals surface area contributed by atoms with Crippen molar-refractivity contribution < 1.29 is 13.9 Å². The largest absolute Gasteiger partial charge is 0.469 e. The third-order valence-electron chi connectivity index (χ3n) is 3.84. The molecular weight excluding hydrogens is 268 g/mol. The average Bonchev–Trinajstić information content (AvgIpc) is 2.94. The van der Waals surface area contributed by atoms with E-state index in [1.54, 1.807) is 6.26 Å². The number of ether oxygens (including phenoxy) is 1. The molecule has 1 amide bonds. The summed E-state index contributed by atoms with van der Waals surface area (Å²) in [6.07, 6.45) is 3.27. The van der Waals surface area contributed by atoms with E-state index < -0.39 is 0 Å². The molecule has 1 saturated heterocycles. The van der Waals surface area contributed by atoms with E-state index in [4.69, 9.17) is 9.15 Å². The van der Waals surface area contributed by atoms with Gasteiger partial charge in [0, 0.05) is 38.5 Å². The molecule has 1 N–H and O–H groups in total. The predicted molar refractivity (Wildman–Crippen MR) is 81.1 cm³/mol. The first-order valence-corrected chi connectivity index (χ1v) is 7.73. The third kappa shape index (κ3) is 5.17. The van der Waals surface area contributed by atoms with Crippen LogP contribution in [0, 0.1) is 0 Å². The molecule has 0 spiro atoms. The average molecular weight is 294 g/mol. The third-order valence-corrected chi connectivity index (χ3v) is 3.84. The van der Waals surface area contributed by atoms with Crippen LogP contribution in [0.5, 0.6) is 0 Å². The maximum Gasteiger partial charge on any atom is 0.220 e. The molecule has 3 atom stereocenters. The maximum absolute atomic E-state index is 11.9. The number of carbonyl (C=O) groups excluding carboxylic acids is 1. The van der Waals surface area contributed by atoms with Gasteiger partial charge in [-0.3, -0.25) is 9.69 Å². The zero-order valence-corrected chi connectivity index (χ0v) is 13.2. The van der Waals surface area contributed by atoms with Gasteiger partial charge in [0.05, 0.1) is 18.5 Å². The Bertz CT molecular complexity index is 423. The minimum Gasteiger partial charge on any atom is -0.469 e. The second-order valence-electron chi connectivity index (χ2n) is 5.94. The number of nitrogens with zero attached hydrogens (tertiary/aromatic N) is 1. The van der Waals surface area contributed by atoms with Crippen LogP contribution in [0.25, 0.3) is 0 Å². The molecule has 2 rings (SSSR count). The Kier molecular flexibility index (Phi) is 5.82. The molecule has 5 nitrogen and oxygen atoms in total. The first-order valence-electron chi connectivity index (χ1n) is 7.73.